The van der Waals surface area contributed by atoms with Crippen molar-refractivity contribution in [1.82, 2.24) is 9.80 Å². The van der Waals surface area contributed by atoms with E-state index in [0.29, 0.717) is 18.4 Å². The van der Waals surface area contributed by atoms with Crippen molar-refractivity contribution in [1.29, 1.82) is 0 Å². The maximum Gasteiger partial charge on any atom is 0.320 e. The van der Waals surface area contributed by atoms with Gasteiger partial charge in [-0.2, -0.15) is 0 Å². The Morgan fingerprint density at radius 1 is 1.33 bits per heavy atom. The zero-order valence-electron chi connectivity index (χ0n) is 13.3. The van der Waals surface area contributed by atoms with Crippen molar-refractivity contribution < 1.29 is 14.7 Å². The van der Waals surface area contributed by atoms with Crippen molar-refractivity contribution >= 4 is 12.0 Å². The summed E-state index contributed by atoms with van der Waals surface area (Å²) in [6.07, 6.45) is 4.73. The summed E-state index contributed by atoms with van der Waals surface area (Å²) in [6, 6.07) is 0.150. The molecule has 0 bridgehead atoms. The Kier molecular flexibility index (Phi) is 5.48. The minimum absolute atomic E-state index is 0.136. The molecule has 1 saturated heterocycles. The van der Waals surface area contributed by atoms with Crippen LogP contribution >= 0.6 is 0 Å². The van der Waals surface area contributed by atoms with E-state index in [2.05, 4.69) is 0 Å². The fourth-order valence-corrected chi connectivity index (χ4v) is 3.24. The van der Waals surface area contributed by atoms with Crippen LogP contribution in [0.2, 0.25) is 0 Å². The maximum atomic E-state index is 12.6. The molecule has 2 rings (SSSR count). The van der Waals surface area contributed by atoms with Gasteiger partial charge in [0.25, 0.3) is 0 Å². The van der Waals surface area contributed by atoms with Gasteiger partial charge in [-0.1, -0.05) is 6.92 Å². The van der Waals surface area contributed by atoms with Gasteiger partial charge in [0.2, 0.25) is 0 Å². The molecule has 1 heterocycles. The highest BCUT2D eigenvalue weighted by Gasteiger charge is 2.32. The Bertz CT molecular complexity index is 382. The van der Waals surface area contributed by atoms with E-state index in [4.69, 9.17) is 5.11 Å². The Labute approximate surface area is 127 Å². The Hall–Kier alpha value is -1.26. The lowest BCUT2D eigenvalue weighted by molar-refractivity contribution is -0.138. The predicted octanol–water partition coefficient (Wildman–Crippen LogP) is 2.66. The number of nitrogens with zero attached hydrogens (tertiary/aromatic N) is 2. The standard InChI is InChI=1S/C16H28N2O3/c1-3-17(10-13-6-7-13)16(21)18-8-4-5-14(11-18)12(2)9-15(19)20/h12-14H,3-11H2,1-2H3,(H,19,20). The average Bonchev–Trinajstić information content (AvgIpc) is 3.27. The summed E-state index contributed by atoms with van der Waals surface area (Å²) in [4.78, 5) is 27.4. The number of rotatable bonds is 6. The van der Waals surface area contributed by atoms with Gasteiger partial charge in [0.05, 0.1) is 0 Å². The van der Waals surface area contributed by atoms with E-state index >= 15 is 0 Å². The first-order chi connectivity index (χ1) is 10.0. The normalized spacial score (nSPS) is 23.7. The Morgan fingerprint density at radius 2 is 2.05 bits per heavy atom. The number of likely N-dealkylation sites (tertiary alicyclic amines) is 1. The summed E-state index contributed by atoms with van der Waals surface area (Å²) in [6.45, 7) is 7.22. The number of urea groups is 1. The summed E-state index contributed by atoms with van der Waals surface area (Å²) < 4.78 is 0. The summed E-state index contributed by atoms with van der Waals surface area (Å²) in [5.41, 5.74) is 0. The molecule has 0 aromatic carbocycles. The second kappa shape index (κ2) is 7.14. The maximum absolute atomic E-state index is 12.6. The lowest BCUT2D eigenvalue weighted by Gasteiger charge is -2.38. The first-order valence-electron chi connectivity index (χ1n) is 8.26. The van der Waals surface area contributed by atoms with Gasteiger partial charge >= 0.3 is 12.0 Å². The molecule has 1 aliphatic carbocycles. The lowest BCUT2D eigenvalue weighted by atomic mass is 9.85. The molecule has 0 aromatic heterocycles. The number of carboxylic acids is 1. The minimum atomic E-state index is -0.741. The van der Waals surface area contributed by atoms with Gasteiger partial charge in [0.1, 0.15) is 0 Å². The van der Waals surface area contributed by atoms with E-state index in [1.165, 1.54) is 12.8 Å². The first-order valence-corrected chi connectivity index (χ1v) is 8.26. The van der Waals surface area contributed by atoms with E-state index in [1.54, 1.807) is 0 Å². The van der Waals surface area contributed by atoms with Crippen molar-refractivity contribution in [3.63, 3.8) is 0 Å². The Balaban J connectivity index is 1.89. The van der Waals surface area contributed by atoms with E-state index in [-0.39, 0.29) is 18.4 Å². The van der Waals surface area contributed by atoms with Crippen LogP contribution in [-0.4, -0.2) is 53.1 Å². The van der Waals surface area contributed by atoms with Crippen molar-refractivity contribution in [2.75, 3.05) is 26.2 Å². The zero-order valence-corrected chi connectivity index (χ0v) is 13.3. The largest absolute Gasteiger partial charge is 0.481 e. The summed E-state index contributed by atoms with van der Waals surface area (Å²) in [5, 5.41) is 8.93. The van der Waals surface area contributed by atoms with E-state index in [9.17, 15) is 9.59 Å². The van der Waals surface area contributed by atoms with Gasteiger partial charge in [-0.15, -0.1) is 0 Å². The number of carbonyl (C=O) groups excluding carboxylic acids is 1. The molecule has 0 aromatic rings. The molecule has 2 aliphatic rings. The van der Waals surface area contributed by atoms with Crippen LogP contribution in [0.25, 0.3) is 0 Å². The lowest BCUT2D eigenvalue weighted by Crippen LogP contribution is -2.49. The first kappa shape index (κ1) is 16.1. The van der Waals surface area contributed by atoms with Crippen LogP contribution in [0.4, 0.5) is 4.79 Å². The van der Waals surface area contributed by atoms with Gasteiger partial charge in [0, 0.05) is 32.6 Å². The number of hydrogen-bond donors (Lipinski definition) is 1. The number of piperidine rings is 1. The third-order valence-corrected chi connectivity index (χ3v) is 4.86. The zero-order chi connectivity index (χ0) is 15.4. The van der Waals surface area contributed by atoms with Crippen LogP contribution in [0.1, 0.15) is 46.0 Å². The molecule has 21 heavy (non-hydrogen) atoms. The summed E-state index contributed by atoms with van der Waals surface area (Å²) in [5.74, 6) is 0.422. The minimum Gasteiger partial charge on any atom is -0.481 e. The molecule has 5 heteroatoms. The molecule has 2 amide bonds. The number of aliphatic carboxylic acids is 1. The van der Waals surface area contributed by atoms with Crippen LogP contribution in [0.5, 0.6) is 0 Å². The van der Waals surface area contributed by atoms with E-state index in [1.807, 2.05) is 23.6 Å². The number of carboxylic acid groups (broad SMARTS) is 1. The fraction of sp³-hybridized carbons (Fsp3) is 0.875. The second-order valence-corrected chi connectivity index (χ2v) is 6.69. The van der Waals surface area contributed by atoms with Crippen molar-refractivity contribution in [3.8, 4) is 0 Å². The Morgan fingerprint density at radius 3 is 2.62 bits per heavy atom. The van der Waals surface area contributed by atoms with Gasteiger partial charge in [-0.3, -0.25) is 4.79 Å². The van der Waals surface area contributed by atoms with Crippen molar-refractivity contribution in [2.45, 2.75) is 46.0 Å². The molecule has 0 radical (unpaired) electrons. The van der Waals surface area contributed by atoms with Crippen molar-refractivity contribution in [2.24, 2.45) is 17.8 Å². The van der Waals surface area contributed by atoms with Gasteiger partial charge in [-0.25, -0.2) is 4.79 Å². The smallest absolute Gasteiger partial charge is 0.320 e. The molecule has 1 saturated carbocycles. The third-order valence-electron chi connectivity index (χ3n) is 4.86. The molecule has 2 unspecified atom stereocenters. The fourth-order valence-electron chi connectivity index (χ4n) is 3.24. The average molecular weight is 296 g/mol. The van der Waals surface area contributed by atoms with E-state index in [0.717, 1.165) is 32.5 Å². The van der Waals surface area contributed by atoms with Crippen LogP contribution in [0.15, 0.2) is 0 Å². The molecule has 120 valence electrons. The molecular formula is C16H28N2O3. The second-order valence-electron chi connectivity index (χ2n) is 6.69. The molecule has 2 fully saturated rings. The highest BCUT2D eigenvalue weighted by molar-refractivity contribution is 5.74. The topological polar surface area (TPSA) is 60.9 Å². The SMILES string of the molecule is CCN(CC1CC1)C(=O)N1CCCC(C(C)CC(=O)O)C1. The quantitative estimate of drug-likeness (QED) is 0.819. The molecule has 1 aliphatic heterocycles. The number of hydrogen-bond acceptors (Lipinski definition) is 2. The number of carbonyl (C=O) groups is 2. The van der Waals surface area contributed by atoms with Gasteiger partial charge in [-0.05, 0) is 50.4 Å². The highest BCUT2D eigenvalue weighted by atomic mass is 16.4. The van der Waals surface area contributed by atoms with Crippen LogP contribution in [0.3, 0.4) is 0 Å². The molecule has 5 nitrogen and oxygen atoms in total. The number of amides is 2. The molecule has 0 spiro atoms. The van der Waals surface area contributed by atoms with Gasteiger partial charge in [0.15, 0.2) is 0 Å². The summed E-state index contributed by atoms with van der Waals surface area (Å²) >= 11 is 0. The third kappa shape index (κ3) is 4.61. The molecule has 1 N–H and O–H groups in total. The van der Waals surface area contributed by atoms with E-state index < -0.39 is 5.97 Å². The molecule has 2 atom stereocenters. The highest BCUT2D eigenvalue weighted by Crippen LogP contribution is 2.31. The summed E-state index contributed by atoms with van der Waals surface area (Å²) in [7, 11) is 0. The van der Waals surface area contributed by atoms with Crippen LogP contribution in [0, 0.1) is 17.8 Å². The van der Waals surface area contributed by atoms with Crippen molar-refractivity contribution in [3.05, 3.63) is 0 Å². The molecular weight excluding hydrogens is 268 g/mol. The predicted molar refractivity (Wildman–Crippen MR) is 81.1 cm³/mol. The monoisotopic (exact) mass is 296 g/mol. The van der Waals surface area contributed by atoms with Crippen LogP contribution < -0.4 is 0 Å². The van der Waals surface area contributed by atoms with Gasteiger partial charge < -0.3 is 14.9 Å². The van der Waals surface area contributed by atoms with Crippen LogP contribution in [-0.2, 0) is 4.79 Å².